The van der Waals surface area contributed by atoms with Gasteiger partial charge in [0.2, 0.25) is 0 Å². The van der Waals surface area contributed by atoms with Crippen molar-refractivity contribution in [3.05, 3.63) is 29.8 Å². The Kier molecular flexibility index (Phi) is 3.83. The summed E-state index contributed by atoms with van der Waals surface area (Å²) in [6.45, 7) is 0. The van der Waals surface area contributed by atoms with Crippen LogP contribution in [0.1, 0.15) is 31.2 Å². The fourth-order valence-electron chi connectivity index (χ4n) is 2.24. The van der Waals surface area contributed by atoms with Gasteiger partial charge in [-0.25, -0.2) is 4.79 Å². The highest BCUT2D eigenvalue weighted by atomic mass is 16.2. The summed E-state index contributed by atoms with van der Waals surface area (Å²) < 4.78 is 0. The molecule has 0 spiro atoms. The SMILES string of the molecule is CN(C(=O)NC1CCCC1)c1cccc(C#N)c1. The molecule has 4 nitrogen and oxygen atoms in total. The number of amides is 2. The van der Waals surface area contributed by atoms with E-state index in [-0.39, 0.29) is 6.03 Å². The van der Waals surface area contributed by atoms with E-state index in [9.17, 15) is 4.79 Å². The number of nitrogens with one attached hydrogen (secondary N) is 1. The summed E-state index contributed by atoms with van der Waals surface area (Å²) in [7, 11) is 1.72. The first-order chi connectivity index (χ1) is 8.70. The second-order valence-electron chi connectivity index (χ2n) is 4.65. The molecule has 1 fully saturated rings. The quantitative estimate of drug-likeness (QED) is 0.868. The molecule has 18 heavy (non-hydrogen) atoms. The van der Waals surface area contributed by atoms with Crippen LogP contribution < -0.4 is 10.2 Å². The molecule has 0 aromatic heterocycles. The average molecular weight is 243 g/mol. The second kappa shape index (κ2) is 5.54. The predicted molar refractivity (Wildman–Crippen MR) is 70.3 cm³/mol. The number of hydrogen-bond acceptors (Lipinski definition) is 2. The Morgan fingerprint density at radius 3 is 2.83 bits per heavy atom. The minimum atomic E-state index is -0.100. The third-order valence-corrected chi connectivity index (χ3v) is 3.35. The molecule has 2 rings (SSSR count). The lowest BCUT2D eigenvalue weighted by Gasteiger charge is -2.21. The van der Waals surface area contributed by atoms with Crippen LogP contribution in [0.3, 0.4) is 0 Å². The largest absolute Gasteiger partial charge is 0.335 e. The van der Waals surface area contributed by atoms with Crippen LogP contribution in [0, 0.1) is 11.3 Å². The predicted octanol–water partition coefficient (Wildman–Crippen LogP) is 2.65. The van der Waals surface area contributed by atoms with E-state index in [0.717, 1.165) is 18.5 Å². The van der Waals surface area contributed by atoms with Crippen molar-refractivity contribution in [2.24, 2.45) is 0 Å². The van der Waals surface area contributed by atoms with Crippen molar-refractivity contribution < 1.29 is 4.79 Å². The number of carbonyl (C=O) groups excluding carboxylic acids is 1. The van der Waals surface area contributed by atoms with E-state index in [2.05, 4.69) is 11.4 Å². The van der Waals surface area contributed by atoms with Gasteiger partial charge in [0.25, 0.3) is 0 Å². The molecule has 0 saturated heterocycles. The zero-order valence-corrected chi connectivity index (χ0v) is 10.5. The Hall–Kier alpha value is -2.02. The van der Waals surface area contributed by atoms with Crippen LogP contribution in [0.15, 0.2) is 24.3 Å². The molecule has 0 heterocycles. The van der Waals surface area contributed by atoms with Gasteiger partial charge >= 0.3 is 6.03 Å². The Morgan fingerprint density at radius 1 is 1.44 bits per heavy atom. The molecule has 0 bridgehead atoms. The number of anilines is 1. The summed E-state index contributed by atoms with van der Waals surface area (Å²) in [4.78, 5) is 13.6. The van der Waals surface area contributed by atoms with E-state index in [1.165, 1.54) is 12.8 Å². The van der Waals surface area contributed by atoms with Gasteiger partial charge in [0.15, 0.2) is 0 Å². The molecular weight excluding hydrogens is 226 g/mol. The molecule has 1 N–H and O–H groups in total. The number of rotatable bonds is 2. The summed E-state index contributed by atoms with van der Waals surface area (Å²) in [5.74, 6) is 0. The molecule has 1 aromatic rings. The molecule has 2 amide bonds. The number of benzene rings is 1. The first-order valence-corrected chi connectivity index (χ1v) is 6.25. The van der Waals surface area contributed by atoms with Gasteiger partial charge in [-0.1, -0.05) is 18.9 Å². The molecule has 1 saturated carbocycles. The van der Waals surface area contributed by atoms with Gasteiger partial charge in [0.05, 0.1) is 11.6 Å². The molecule has 1 aromatic carbocycles. The fourth-order valence-corrected chi connectivity index (χ4v) is 2.24. The summed E-state index contributed by atoms with van der Waals surface area (Å²) >= 11 is 0. The van der Waals surface area contributed by atoms with Crippen molar-refractivity contribution >= 4 is 11.7 Å². The molecular formula is C14H17N3O. The lowest BCUT2D eigenvalue weighted by molar-refractivity contribution is 0.244. The standard InChI is InChI=1S/C14H17N3O/c1-17(13-8-4-5-11(9-13)10-15)14(18)16-12-6-2-3-7-12/h4-5,8-9,12H,2-3,6-7H2,1H3,(H,16,18). The number of urea groups is 1. The molecule has 4 heteroatoms. The van der Waals surface area contributed by atoms with Crippen LogP contribution in [-0.4, -0.2) is 19.1 Å². The monoisotopic (exact) mass is 243 g/mol. The van der Waals surface area contributed by atoms with Crippen molar-refractivity contribution in [3.8, 4) is 6.07 Å². The molecule has 0 aliphatic heterocycles. The summed E-state index contributed by atoms with van der Waals surface area (Å²) in [6.07, 6.45) is 4.52. The highest BCUT2D eigenvalue weighted by molar-refractivity contribution is 5.91. The van der Waals surface area contributed by atoms with Gasteiger partial charge in [0, 0.05) is 18.8 Å². The van der Waals surface area contributed by atoms with E-state index in [1.807, 2.05) is 6.07 Å². The number of nitriles is 1. The zero-order valence-electron chi connectivity index (χ0n) is 10.5. The first-order valence-electron chi connectivity index (χ1n) is 6.25. The van der Waals surface area contributed by atoms with E-state index in [0.29, 0.717) is 11.6 Å². The number of hydrogen-bond donors (Lipinski definition) is 1. The molecule has 1 aliphatic rings. The van der Waals surface area contributed by atoms with Crippen molar-refractivity contribution in [2.75, 3.05) is 11.9 Å². The van der Waals surface area contributed by atoms with Crippen LogP contribution in [0.5, 0.6) is 0 Å². The summed E-state index contributed by atoms with van der Waals surface area (Å²) in [6, 6.07) is 9.34. The molecule has 0 atom stereocenters. The summed E-state index contributed by atoms with van der Waals surface area (Å²) in [5.41, 5.74) is 1.30. The maximum Gasteiger partial charge on any atom is 0.321 e. The Morgan fingerprint density at radius 2 is 2.17 bits per heavy atom. The van der Waals surface area contributed by atoms with E-state index in [1.54, 1.807) is 30.1 Å². The summed E-state index contributed by atoms with van der Waals surface area (Å²) in [5, 5.41) is 11.9. The smallest absolute Gasteiger partial charge is 0.321 e. The third kappa shape index (κ3) is 2.80. The van der Waals surface area contributed by atoms with Crippen LogP contribution >= 0.6 is 0 Å². The third-order valence-electron chi connectivity index (χ3n) is 3.35. The molecule has 0 unspecified atom stereocenters. The van der Waals surface area contributed by atoms with Gasteiger partial charge in [-0.2, -0.15) is 5.26 Å². The normalized spacial score (nSPS) is 15.1. The van der Waals surface area contributed by atoms with Gasteiger partial charge in [-0.05, 0) is 31.0 Å². The molecule has 0 radical (unpaired) electrons. The Balaban J connectivity index is 2.03. The van der Waals surface area contributed by atoms with Crippen LogP contribution in [0.25, 0.3) is 0 Å². The van der Waals surface area contributed by atoms with E-state index in [4.69, 9.17) is 5.26 Å². The molecule has 1 aliphatic carbocycles. The van der Waals surface area contributed by atoms with Crippen LogP contribution in [-0.2, 0) is 0 Å². The van der Waals surface area contributed by atoms with E-state index < -0.39 is 0 Å². The maximum absolute atomic E-state index is 12.0. The zero-order chi connectivity index (χ0) is 13.0. The maximum atomic E-state index is 12.0. The van der Waals surface area contributed by atoms with E-state index >= 15 is 0 Å². The highest BCUT2D eigenvalue weighted by Gasteiger charge is 2.19. The van der Waals surface area contributed by atoms with Crippen molar-refractivity contribution in [2.45, 2.75) is 31.7 Å². The Labute approximate surface area is 107 Å². The first kappa shape index (κ1) is 12.4. The van der Waals surface area contributed by atoms with Crippen molar-refractivity contribution in [1.29, 1.82) is 5.26 Å². The lowest BCUT2D eigenvalue weighted by atomic mass is 10.2. The van der Waals surface area contributed by atoms with Crippen molar-refractivity contribution in [3.63, 3.8) is 0 Å². The number of nitrogens with zero attached hydrogens (tertiary/aromatic N) is 2. The number of carbonyl (C=O) groups is 1. The van der Waals surface area contributed by atoms with Gasteiger partial charge in [0.1, 0.15) is 0 Å². The second-order valence-corrected chi connectivity index (χ2v) is 4.65. The Bertz CT molecular complexity index is 472. The minimum absolute atomic E-state index is 0.100. The lowest BCUT2D eigenvalue weighted by Crippen LogP contribution is -2.42. The van der Waals surface area contributed by atoms with Crippen LogP contribution in [0.2, 0.25) is 0 Å². The minimum Gasteiger partial charge on any atom is -0.335 e. The van der Waals surface area contributed by atoms with Gasteiger partial charge < -0.3 is 5.32 Å². The fraction of sp³-hybridized carbons (Fsp3) is 0.429. The van der Waals surface area contributed by atoms with Crippen LogP contribution in [0.4, 0.5) is 10.5 Å². The molecule has 94 valence electrons. The highest BCUT2D eigenvalue weighted by Crippen LogP contribution is 2.19. The van der Waals surface area contributed by atoms with Crippen molar-refractivity contribution in [1.82, 2.24) is 5.32 Å². The van der Waals surface area contributed by atoms with Gasteiger partial charge in [-0.15, -0.1) is 0 Å². The van der Waals surface area contributed by atoms with Gasteiger partial charge in [-0.3, -0.25) is 4.90 Å². The average Bonchev–Trinajstić information content (AvgIpc) is 2.90. The topological polar surface area (TPSA) is 56.1 Å².